The summed E-state index contributed by atoms with van der Waals surface area (Å²) in [6.45, 7) is 0. The van der Waals surface area contributed by atoms with Gasteiger partial charge in [-0.25, -0.2) is 9.07 Å². The highest BCUT2D eigenvalue weighted by atomic mass is 35.5. The third-order valence-electron chi connectivity index (χ3n) is 4.63. The maximum absolute atomic E-state index is 14.0. The Morgan fingerprint density at radius 1 is 1.07 bits per heavy atom. The molecule has 0 unspecified atom stereocenters. The summed E-state index contributed by atoms with van der Waals surface area (Å²) < 4.78 is 16.9. The van der Waals surface area contributed by atoms with E-state index in [2.05, 4.69) is 5.10 Å². The molecule has 0 fully saturated rings. The number of hydrogen-bond acceptors (Lipinski definition) is 3. The minimum absolute atomic E-state index is 0.0828. The van der Waals surface area contributed by atoms with E-state index in [1.165, 1.54) is 21.4 Å². The van der Waals surface area contributed by atoms with Crippen LogP contribution in [0, 0.1) is 17.1 Å². The zero-order valence-electron chi connectivity index (χ0n) is 15.3. The summed E-state index contributed by atoms with van der Waals surface area (Å²) >= 11 is 5.99. The molecule has 2 heterocycles. The number of hydrogen-bond donors (Lipinski definition) is 0. The third kappa shape index (κ3) is 3.44. The van der Waals surface area contributed by atoms with E-state index < -0.39 is 5.82 Å². The summed E-state index contributed by atoms with van der Waals surface area (Å²) in [6.07, 6.45) is 5.05. The number of nitriles is 1. The van der Waals surface area contributed by atoms with Crippen molar-refractivity contribution in [1.29, 1.82) is 5.26 Å². The highest BCUT2D eigenvalue weighted by Gasteiger charge is 2.15. The summed E-state index contributed by atoms with van der Waals surface area (Å²) in [5.41, 5.74) is 3.16. The van der Waals surface area contributed by atoms with E-state index in [4.69, 9.17) is 11.6 Å². The zero-order chi connectivity index (χ0) is 20.5. The summed E-state index contributed by atoms with van der Waals surface area (Å²) in [7, 11) is 1.67. The second-order valence-corrected chi connectivity index (χ2v) is 6.91. The molecule has 0 bridgehead atoms. The molecule has 2 aromatic carbocycles. The maximum Gasteiger partial charge on any atom is 0.250 e. The molecule has 0 aliphatic heterocycles. The maximum atomic E-state index is 14.0. The van der Waals surface area contributed by atoms with Crippen LogP contribution in [0.3, 0.4) is 0 Å². The van der Waals surface area contributed by atoms with Crippen LogP contribution in [0.15, 0.2) is 71.9 Å². The molecule has 4 rings (SSSR count). The molecule has 0 aliphatic carbocycles. The highest BCUT2D eigenvalue weighted by molar-refractivity contribution is 6.30. The van der Waals surface area contributed by atoms with Crippen molar-refractivity contribution >= 4 is 11.6 Å². The fraction of sp³-hybridized carbons (Fsp3) is 0.0455. The number of benzene rings is 2. The Morgan fingerprint density at radius 3 is 2.55 bits per heavy atom. The van der Waals surface area contributed by atoms with Crippen LogP contribution in [0.2, 0.25) is 5.02 Å². The van der Waals surface area contributed by atoms with Gasteiger partial charge in [-0.05, 0) is 35.4 Å². The van der Waals surface area contributed by atoms with E-state index in [9.17, 15) is 14.4 Å². The second kappa shape index (κ2) is 7.38. The quantitative estimate of drug-likeness (QED) is 0.502. The van der Waals surface area contributed by atoms with Crippen LogP contribution in [-0.4, -0.2) is 14.3 Å². The normalized spacial score (nSPS) is 10.7. The van der Waals surface area contributed by atoms with Gasteiger partial charge in [0.05, 0.1) is 11.9 Å². The molecule has 0 atom stereocenters. The molecule has 0 saturated carbocycles. The third-order valence-corrected chi connectivity index (χ3v) is 4.88. The molecule has 0 spiro atoms. The summed E-state index contributed by atoms with van der Waals surface area (Å²) in [4.78, 5) is 12.2. The van der Waals surface area contributed by atoms with Gasteiger partial charge in [0.15, 0.2) is 0 Å². The van der Waals surface area contributed by atoms with Gasteiger partial charge in [0, 0.05) is 41.7 Å². The number of aryl methyl sites for hydroxylation is 1. The first kappa shape index (κ1) is 18.7. The fourth-order valence-electron chi connectivity index (χ4n) is 3.14. The summed E-state index contributed by atoms with van der Waals surface area (Å²) in [5, 5.41) is 14.2. The summed E-state index contributed by atoms with van der Waals surface area (Å²) in [5.74, 6) is -0.606. The molecule has 2 aromatic heterocycles. The van der Waals surface area contributed by atoms with Gasteiger partial charge in [-0.3, -0.25) is 4.79 Å². The van der Waals surface area contributed by atoms with Crippen molar-refractivity contribution in [2.45, 2.75) is 0 Å². The van der Waals surface area contributed by atoms with E-state index in [0.717, 1.165) is 22.3 Å². The Hall–Kier alpha value is -3.69. The minimum Gasteiger partial charge on any atom is -0.318 e. The van der Waals surface area contributed by atoms with E-state index in [-0.39, 0.29) is 11.1 Å². The first-order valence-electron chi connectivity index (χ1n) is 8.68. The van der Waals surface area contributed by atoms with Crippen LogP contribution in [0.5, 0.6) is 0 Å². The standard InChI is InChI=1S/C22H14ClFN4O/c1-27-13-19(17(9-22(27)29)14-5-7-16(23)8-6-14)15-11-26-28(12-15)21-4-2-3-20(24)18(21)10-25/h2-9,11-13H,1H3. The SMILES string of the molecule is Cn1cc(-c2cnn(-c3cccc(F)c3C#N)c2)c(-c2ccc(Cl)cc2)cc1=O. The zero-order valence-corrected chi connectivity index (χ0v) is 16.1. The Kier molecular flexibility index (Phi) is 4.75. The van der Waals surface area contributed by atoms with Gasteiger partial charge in [0.1, 0.15) is 17.4 Å². The van der Waals surface area contributed by atoms with E-state index in [1.807, 2.05) is 18.2 Å². The average Bonchev–Trinajstić information content (AvgIpc) is 3.20. The van der Waals surface area contributed by atoms with Gasteiger partial charge in [0.25, 0.3) is 5.56 Å². The lowest BCUT2D eigenvalue weighted by atomic mass is 9.98. The molecule has 0 radical (unpaired) electrons. The summed E-state index contributed by atoms with van der Waals surface area (Å²) in [6, 6.07) is 15.0. The predicted molar refractivity (Wildman–Crippen MR) is 109 cm³/mol. The van der Waals surface area contributed by atoms with Gasteiger partial charge in [0.2, 0.25) is 0 Å². The number of nitrogens with zero attached hydrogens (tertiary/aromatic N) is 4. The van der Waals surface area contributed by atoms with Crippen molar-refractivity contribution in [3.8, 4) is 34.0 Å². The number of halogens is 2. The average molecular weight is 405 g/mol. The van der Waals surface area contributed by atoms with Crippen molar-refractivity contribution in [3.05, 3.63) is 93.9 Å². The van der Waals surface area contributed by atoms with Crippen molar-refractivity contribution in [2.24, 2.45) is 7.05 Å². The lowest BCUT2D eigenvalue weighted by Crippen LogP contribution is -2.15. The Morgan fingerprint density at radius 2 is 1.83 bits per heavy atom. The molecular formula is C22H14ClFN4O. The van der Waals surface area contributed by atoms with Crippen LogP contribution in [0.1, 0.15) is 5.56 Å². The van der Waals surface area contributed by atoms with Gasteiger partial charge in [-0.1, -0.05) is 29.8 Å². The first-order chi connectivity index (χ1) is 14.0. The van der Waals surface area contributed by atoms with Crippen LogP contribution < -0.4 is 5.56 Å². The molecule has 0 aliphatic rings. The van der Waals surface area contributed by atoms with Gasteiger partial charge in [-0.2, -0.15) is 10.4 Å². The highest BCUT2D eigenvalue weighted by Crippen LogP contribution is 2.32. The molecule has 0 saturated heterocycles. The monoisotopic (exact) mass is 404 g/mol. The molecule has 0 amide bonds. The second-order valence-electron chi connectivity index (χ2n) is 6.48. The van der Waals surface area contributed by atoms with Gasteiger partial charge < -0.3 is 4.57 Å². The Bertz CT molecular complexity index is 1320. The Balaban J connectivity index is 1.88. The smallest absolute Gasteiger partial charge is 0.250 e. The topological polar surface area (TPSA) is 63.6 Å². The number of aromatic nitrogens is 3. The lowest BCUT2D eigenvalue weighted by molar-refractivity contribution is 0.621. The van der Waals surface area contributed by atoms with Crippen molar-refractivity contribution < 1.29 is 4.39 Å². The van der Waals surface area contributed by atoms with Crippen molar-refractivity contribution in [2.75, 3.05) is 0 Å². The van der Waals surface area contributed by atoms with Crippen LogP contribution in [-0.2, 0) is 7.05 Å². The van der Waals surface area contributed by atoms with Crippen LogP contribution in [0.25, 0.3) is 27.9 Å². The predicted octanol–water partition coefficient (Wildman–Crippen LogP) is 4.57. The van der Waals surface area contributed by atoms with Crippen molar-refractivity contribution in [1.82, 2.24) is 14.3 Å². The largest absolute Gasteiger partial charge is 0.318 e. The molecule has 29 heavy (non-hydrogen) atoms. The fourth-order valence-corrected chi connectivity index (χ4v) is 3.26. The number of rotatable bonds is 3. The molecule has 5 nitrogen and oxygen atoms in total. The minimum atomic E-state index is -0.606. The van der Waals surface area contributed by atoms with Crippen molar-refractivity contribution in [3.63, 3.8) is 0 Å². The Labute approximate surface area is 170 Å². The van der Waals surface area contributed by atoms with Gasteiger partial charge >= 0.3 is 0 Å². The van der Waals surface area contributed by atoms with Gasteiger partial charge in [-0.15, -0.1) is 0 Å². The van der Waals surface area contributed by atoms with Crippen LogP contribution in [0.4, 0.5) is 4.39 Å². The molecule has 0 N–H and O–H groups in total. The molecular weight excluding hydrogens is 391 g/mol. The van der Waals surface area contributed by atoms with E-state index in [1.54, 1.807) is 49.9 Å². The molecule has 4 aromatic rings. The molecule has 142 valence electrons. The van der Waals surface area contributed by atoms with E-state index >= 15 is 0 Å². The lowest BCUT2D eigenvalue weighted by Gasteiger charge is -2.10. The van der Waals surface area contributed by atoms with E-state index in [0.29, 0.717) is 10.7 Å². The number of pyridine rings is 1. The first-order valence-corrected chi connectivity index (χ1v) is 9.06. The molecule has 7 heteroatoms. The van der Waals surface area contributed by atoms with Crippen LogP contribution >= 0.6 is 11.6 Å².